The van der Waals surface area contributed by atoms with Gasteiger partial charge in [0.25, 0.3) is 0 Å². The van der Waals surface area contributed by atoms with Crippen LogP contribution in [0.1, 0.15) is 115 Å². The minimum absolute atomic E-state index is 0.00518. The predicted molar refractivity (Wildman–Crippen MR) is 197 cm³/mol. The number of ether oxygens (including phenoxy) is 7. The molecule has 3 fully saturated rings. The van der Waals surface area contributed by atoms with Crippen LogP contribution in [-0.4, -0.2) is 137 Å². The molecule has 310 valence electrons. The Kier molecular flexibility index (Phi) is 11.4. The van der Waals surface area contributed by atoms with Crippen LogP contribution in [0, 0.1) is 0 Å². The van der Waals surface area contributed by atoms with Gasteiger partial charge in [-0.3, -0.25) is 19.2 Å². The lowest BCUT2D eigenvalue weighted by Gasteiger charge is -2.48. The molecule has 11 unspecified atom stereocenters. The molecule has 0 aromatic heterocycles. The number of Topliss-reactive ketones (excluding diaryl/α,β-unsaturated/α-hetero) is 1. The molecule has 2 aliphatic carbocycles. The molecule has 7 rings (SSSR count). The van der Waals surface area contributed by atoms with E-state index in [9.17, 15) is 39.6 Å². The number of aromatic hydroxyl groups is 2. The maximum Gasteiger partial charge on any atom is 0.316 e. The molecule has 4 N–H and O–H groups in total. The molecule has 3 aliphatic heterocycles. The molecule has 0 spiro atoms. The van der Waals surface area contributed by atoms with E-state index in [-0.39, 0.29) is 64.5 Å². The maximum atomic E-state index is 13.9. The molecule has 3 heterocycles. The summed E-state index contributed by atoms with van der Waals surface area (Å²) in [5.74, 6) is -4.65. The van der Waals surface area contributed by atoms with Gasteiger partial charge < -0.3 is 58.5 Å². The standard InChI is InChI=1S/C41H51NO15/c1-17-24(43)11-12-28(52-17)56-39-19(3)54-30(15-26(39)45)57-38-18(2)53-29(14-23(38)42(5)6)55-27-16-41(4,50)34(40(49)51-7)21-13-22-33(37(48)32(21)27)36(47)31-20(35(22)46)9-8-10-25(31)44/h8-10,13,17-19,23,26-30,34,38-39,44-45,48,50H,11-12,14-16H2,1-7H3/t17?,18?,19?,23?,26?,27?,28?,29?,30?,34-,38?,39?,41+/m0/s1. The Labute approximate surface area is 329 Å². The van der Waals surface area contributed by atoms with Gasteiger partial charge in [0.2, 0.25) is 5.78 Å². The largest absolute Gasteiger partial charge is 0.507 e. The number of likely N-dealkylation sites (N-methyl/N-ethyl adjacent to an activating group) is 1. The van der Waals surface area contributed by atoms with Crippen LogP contribution in [0.5, 0.6) is 11.5 Å². The van der Waals surface area contributed by atoms with Crippen LogP contribution in [0.4, 0.5) is 0 Å². The first-order valence-corrected chi connectivity index (χ1v) is 19.3. The molecule has 0 saturated carbocycles. The highest BCUT2D eigenvalue weighted by molar-refractivity contribution is 6.30. The number of carbonyl (C=O) groups is 4. The van der Waals surface area contributed by atoms with Gasteiger partial charge >= 0.3 is 5.97 Å². The quantitative estimate of drug-likeness (QED) is 0.241. The Hall–Kier alpha value is -3.84. The molecular formula is C41H51NO15. The minimum atomic E-state index is -1.80. The van der Waals surface area contributed by atoms with Crippen molar-refractivity contribution in [2.45, 2.75) is 139 Å². The van der Waals surface area contributed by atoms with Crippen molar-refractivity contribution in [2.75, 3.05) is 21.2 Å². The number of benzene rings is 2. The fraction of sp³-hybridized carbons (Fsp3) is 0.610. The number of aliphatic hydroxyl groups is 2. The number of carbonyl (C=O) groups excluding carboxylic acids is 4. The average Bonchev–Trinajstić information content (AvgIpc) is 3.13. The average molecular weight is 798 g/mol. The second-order valence-corrected chi connectivity index (χ2v) is 16.2. The zero-order chi connectivity index (χ0) is 41.2. The second-order valence-electron chi connectivity index (χ2n) is 16.2. The summed E-state index contributed by atoms with van der Waals surface area (Å²) in [7, 11) is 4.89. The molecular weight excluding hydrogens is 746 g/mol. The molecule has 0 radical (unpaired) electrons. The molecule has 16 nitrogen and oxygen atoms in total. The highest BCUT2D eigenvalue weighted by atomic mass is 16.7. The molecule has 57 heavy (non-hydrogen) atoms. The fourth-order valence-corrected chi connectivity index (χ4v) is 9.06. The second kappa shape index (κ2) is 15.7. The molecule has 3 saturated heterocycles. The normalized spacial score (nSPS) is 36.7. The zero-order valence-electron chi connectivity index (χ0n) is 33.0. The van der Waals surface area contributed by atoms with Gasteiger partial charge in [0.15, 0.2) is 30.4 Å². The number of rotatable bonds is 8. The van der Waals surface area contributed by atoms with E-state index in [4.69, 9.17) is 33.2 Å². The monoisotopic (exact) mass is 797 g/mol. The molecule has 16 heteroatoms. The van der Waals surface area contributed by atoms with E-state index in [0.717, 1.165) is 7.11 Å². The third kappa shape index (κ3) is 7.51. The van der Waals surface area contributed by atoms with Crippen molar-refractivity contribution in [3.05, 3.63) is 57.6 Å². The molecule has 2 aromatic carbocycles. The molecule has 13 atom stereocenters. The summed E-state index contributed by atoms with van der Waals surface area (Å²) in [6, 6.07) is 5.07. The van der Waals surface area contributed by atoms with Crippen LogP contribution in [0.25, 0.3) is 0 Å². The molecule has 0 bridgehead atoms. The zero-order valence-corrected chi connectivity index (χ0v) is 33.0. The van der Waals surface area contributed by atoms with Crippen LogP contribution in [-0.2, 0) is 42.7 Å². The summed E-state index contributed by atoms with van der Waals surface area (Å²) in [4.78, 5) is 54.7. The number of esters is 1. The fourth-order valence-electron chi connectivity index (χ4n) is 9.06. The lowest BCUT2D eigenvalue weighted by atomic mass is 9.68. The van der Waals surface area contributed by atoms with Crippen molar-refractivity contribution in [3.63, 3.8) is 0 Å². The van der Waals surface area contributed by atoms with Crippen LogP contribution in [0.2, 0.25) is 0 Å². The minimum Gasteiger partial charge on any atom is -0.507 e. The van der Waals surface area contributed by atoms with Gasteiger partial charge in [-0.15, -0.1) is 0 Å². The Morgan fingerprint density at radius 2 is 1.54 bits per heavy atom. The molecule has 0 amide bonds. The first-order valence-electron chi connectivity index (χ1n) is 19.3. The van der Waals surface area contributed by atoms with E-state index >= 15 is 0 Å². The SMILES string of the molecule is COC(=O)[C@@H]1c2cc3c(c(O)c2C(OC2CC(N(C)C)C(OC4CC(O)C(OC5CCC(=O)C(C)O5)C(C)O4)C(C)O2)C[C@@]1(C)O)C(=O)c1c(O)cccc1C3=O. The van der Waals surface area contributed by atoms with Crippen molar-refractivity contribution >= 4 is 23.3 Å². The summed E-state index contributed by atoms with van der Waals surface area (Å²) < 4.78 is 42.4. The highest BCUT2D eigenvalue weighted by Gasteiger charge is 2.52. The number of hydrogen-bond donors (Lipinski definition) is 4. The van der Waals surface area contributed by atoms with Crippen molar-refractivity contribution in [1.29, 1.82) is 0 Å². The van der Waals surface area contributed by atoms with Crippen LogP contribution in [0.3, 0.4) is 0 Å². The van der Waals surface area contributed by atoms with Crippen molar-refractivity contribution in [2.24, 2.45) is 0 Å². The number of ketones is 3. The summed E-state index contributed by atoms with van der Waals surface area (Å²) in [5.41, 5.74) is -2.58. The number of hydrogen-bond acceptors (Lipinski definition) is 16. The third-order valence-electron chi connectivity index (χ3n) is 12.0. The summed E-state index contributed by atoms with van der Waals surface area (Å²) in [6.45, 7) is 6.68. The molecule has 2 aromatic rings. The third-order valence-corrected chi connectivity index (χ3v) is 12.0. The smallest absolute Gasteiger partial charge is 0.316 e. The number of fused-ring (bicyclic) bond motifs is 3. The lowest BCUT2D eigenvalue weighted by Crippen LogP contribution is -2.58. The number of methoxy groups -OCH3 is 1. The van der Waals surface area contributed by atoms with E-state index in [1.54, 1.807) is 20.8 Å². The van der Waals surface area contributed by atoms with Gasteiger partial charge in [-0.05, 0) is 59.5 Å². The number of phenolic OH excluding ortho intramolecular Hbond substituents is 2. The van der Waals surface area contributed by atoms with E-state index < -0.39 is 102 Å². The van der Waals surface area contributed by atoms with Gasteiger partial charge in [-0.2, -0.15) is 0 Å². The van der Waals surface area contributed by atoms with Gasteiger partial charge in [0.1, 0.15) is 35.7 Å². The first-order chi connectivity index (χ1) is 26.9. The molecule has 5 aliphatic rings. The Bertz CT molecular complexity index is 1920. The first kappa shape index (κ1) is 41.3. The Morgan fingerprint density at radius 1 is 0.877 bits per heavy atom. The van der Waals surface area contributed by atoms with Crippen molar-refractivity contribution < 1.29 is 72.8 Å². The van der Waals surface area contributed by atoms with Crippen LogP contribution in [0.15, 0.2) is 24.3 Å². The van der Waals surface area contributed by atoms with Gasteiger partial charge in [-0.1, -0.05) is 12.1 Å². The van der Waals surface area contributed by atoms with Gasteiger partial charge in [0.05, 0.1) is 48.3 Å². The summed E-state index contributed by atoms with van der Waals surface area (Å²) in [5, 5.41) is 45.4. The van der Waals surface area contributed by atoms with E-state index in [1.807, 2.05) is 19.0 Å². The van der Waals surface area contributed by atoms with Crippen molar-refractivity contribution in [1.82, 2.24) is 4.90 Å². The van der Waals surface area contributed by atoms with E-state index in [1.165, 1.54) is 31.2 Å². The number of aliphatic hydroxyl groups excluding tert-OH is 1. The summed E-state index contributed by atoms with van der Waals surface area (Å²) in [6.07, 6.45) is -6.74. The van der Waals surface area contributed by atoms with E-state index in [2.05, 4.69) is 0 Å². The Morgan fingerprint density at radius 3 is 2.19 bits per heavy atom. The topological polar surface area (TPSA) is 217 Å². The Balaban J connectivity index is 1.12. The maximum absolute atomic E-state index is 13.9. The number of phenols is 2. The van der Waals surface area contributed by atoms with Crippen molar-refractivity contribution in [3.8, 4) is 11.5 Å². The van der Waals surface area contributed by atoms with Gasteiger partial charge in [-0.25, -0.2) is 0 Å². The lowest BCUT2D eigenvalue weighted by molar-refractivity contribution is -0.324. The van der Waals surface area contributed by atoms with Crippen LogP contribution < -0.4 is 0 Å². The predicted octanol–water partition coefficient (Wildman–Crippen LogP) is 2.77. The number of nitrogens with zero attached hydrogens (tertiary/aromatic N) is 1. The van der Waals surface area contributed by atoms with Crippen LogP contribution >= 0.6 is 0 Å². The van der Waals surface area contributed by atoms with E-state index in [0.29, 0.717) is 12.8 Å². The highest BCUT2D eigenvalue weighted by Crippen LogP contribution is 2.53. The summed E-state index contributed by atoms with van der Waals surface area (Å²) >= 11 is 0. The van der Waals surface area contributed by atoms with Gasteiger partial charge in [0, 0.05) is 54.8 Å².